The first kappa shape index (κ1) is 14.4. The van der Waals surface area contributed by atoms with Gasteiger partial charge in [-0.2, -0.15) is 5.06 Å². The topological polar surface area (TPSA) is 29.5 Å². The van der Waals surface area contributed by atoms with Crippen molar-refractivity contribution >= 4 is 28.8 Å². The van der Waals surface area contributed by atoms with Gasteiger partial charge in [0.05, 0.1) is 12.1 Å². The Hall–Kier alpha value is -1.24. The van der Waals surface area contributed by atoms with E-state index in [0.717, 1.165) is 24.0 Å². The molecule has 0 saturated carbocycles. The lowest BCUT2D eigenvalue weighted by Crippen LogP contribution is -2.28. The van der Waals surface area contributed by atoms with Crippen LogP contribution in [0.2, 0.25) is 0 Å². The van der Waals surface area contributed by atoms with E-state index in [1.165, 1.54) is 11.1 Å². The number of hydrogen-bond donors (Lipinski definition) is 0. The van der Waals surface area contributed by atoms with E-state index in [2.05, 4.69) is 30.3 Å². The summed E-state index contributed by atoms with van der Waals surface area (Å²) in [4.78, 5) is 12.3. The van der Waals surface area contributed by atoms with Crippen molar-refractivity contribution < 1.29 is 7.96 Å². The van der Waals surface area contributed by atoms with Gasteiger partial charge >= 0.3 is 0 Å². The lowest BCUT2D eigenvalue weighted by atomic mass is 10.0. The first-order chi connectivity index (χ1) is 10.8. The highest BCUT2D eigenvalue weighted by molar-refractivity contribution is 14.1. The van der Waals surface area contributed by atoms with Crippen molar-refractivity contribution in [2.24, 2.45) is 0 Å². The molecular formula is C18H16INO2. The fourth-order valence-corrected chi connectivity index (χ4v) is 4.33. The molecule has 0 fully saturated rings. The third-order valence-electron chi connectivity index (χ3n) is 4.79. The van der Waals surface area contributed by atoms with Crippen molar-refractivity contribution in [2.45, 2.75) is 31.3 Å². The van der Waals surface area contributed by atoms with Gasteiger partial charge in [0, 0.05) is 12.0 Å². The van der Waals surface area contributed by atoms with E-state index in [1.54, 1.807) is 0 Å². The maximum atomic E-state index is 12.3. The van der Waals surface area contributed by atoms with E-state index < -0.39 is 0 Å². The summed E-state index contributed by atoms with van der Waals surface area (Å²) in [6, 6.07) is 16.7. The minimum atomic E-state index is 0.0109. The van der Waals surface area contributed by atoms with Gasteiger partial charge in [0.1, 0.15) is 23.0 Å². The first-order valence-corrected chi connectivity index (χ1v) is 8.44. The molecule has 0 N–H and O–H groups in total. The largest absolute Gasteiger partial charge is 0.294 e. The Morgan fingerprint density at radius 1 is 1.00 bits per heavy atom. The molecule has 4 heteroatoms. The summed E-state index contributed by atoms with van der Waals surface area (Å²) in [6.07, 6.45) is 2.61. The van der Waals surface area contributed by atoms with Gasteiger partial charge in [0.25, 0.3) is 0 Å². The number of nitrogens with zero attached hydrogens (tertiary/aromatic N) is 1. The van der Waals surface area contributed by atoms with Gasteiger partial charge in [0.2, 0.25) is 0 Å². The Morgan fingerprint density at radius 3 is 2.55 bits per heavy atom. The van der Waals surface area contributed by atoms with Gasteiger partial charge in [-0.3, -0.25) is 4.79 Å². The minimum absolute atomic E-state index is 0.0109. The first-order valence-electron chi connectivity index (χ1n) is 7.56. The van der Waals surface area contributed by atoms with Crippen LogP contribution < -0.4 is 0 Å². The molecule has 0 aromatic heterocycles. The molecule has 2 unspecified atom stereocenters. The number of hydrogen-bond acceptors (Lipinski definition) is 3. The Labute approximate surface area is 143 Å². The molecule has 0 heterocycles. The zero-order valence-electron chi connectivity index (χ0n) is 12.0. The van der Waals surface area contributed by atoms with Crippen LogP contribution in [-0.2, 0) is 9.59 Å². The number of Topliss-reactive ketones (excluding diaryl/α,β-unsaturated/α-hetero) is 1. The Morgan fingerprint density at radius 2 is 1.73 bits per heavy atom. The van der Waals surface area contributed by atoms with E-state index in [4.69, 9.17) is 3.17 Å². The number of carbonyl (C=O) groups is 1. The third kappa shape index (κ3) is 2.21. The van der Waals surface area contributed by atoms with Crippen molar-refractivity contribution in [2.75, 3.05) is 0 Å². The predicted octanol–water partition coefficient (Wildman–Crippen LogP) is 4.59. The molecule has 0 amide bonds. The van der Waals surface area contributed by atoms with Crippen LogP contribution in [0.1, 0.15) is 52.0 Å². The van der Waals surface area contributed by atoms with Gasteiger partial charge < -0.3 is 0 Å². The Balaban J connectivity index is 1.72. The van der Waals surface area contributed by atoms with Crippen molar-refractivity contribution in [3.8, 4) is 0 Å². The van der Waals surface area contributed by atoms with Gasteiger partial charge in [-0.05, 0) is 29.5 Å². The molecule has 2 atom stereocenters. The molecule has 2 aromatic carbocycles. The van der Waals surface area contributed by atoms with Gasteiger partial charge in [-0.1, -0.05) is 48.5 Å². The second-order valence-electron chi connectivity index (χ2n) is 5.91. The summed E-state index contributed by atoms with van der Waals surface area (Å²) in [6.45, 7) is 0. The zero-order valence-corrected chi connectivity index (χ0v) is 14.2. The van der Waals surface area contributed by atoms with Crippen molar-refractivity contribution in [1.29, 1.82) is 0 Å². The van der Waals surface area contributed by atoms with E-state index in [1.807, 2.05) is 46.3 Å². The third-order valence-corrected chi connectivity index (χ3v) is 5.25. The second kappa shape index (κ2) is 5.76. The highest BCUT2D eigenvalue weighted by atomic mass is 127. The number of benzene rings is 2. The molecule has 0 bridgehead atoms. The summed E-state index contributed by atoms with van der Waals surface area (Å²) in [7, 11) is 0. The van der Waals surface area contributed by atoms with Crippen molar-refractivity contribution in [3.05, 3.63) is 70.8 Å². The van der Waals surface area contributed by atoms with Crippen molar-refractivity contribution in [1.82, 2.24) is 5.06 Å². The van der Waals surface area contributed by atoms with Crippen LogP contribution in [0.15, 0.2) is 48.5 Å². The molecule has 2 aliphatic rings. The van der Waals surface area contributed by atoms with E-state index in [0.29, 0.717) is 6.42 Å². The van der Waals surface area contributed by atoms with Crippen molar-refractivity contribution in [3.63, 3.8) is 0 Å². The molecule has 0 saturated heterocycles. The fourth-order valence-electron chi connectivity index (χ4n) is 3.78. The SMILES string of the molecule is O=C1CC(N(OI)C2CCc3ccccc32)c2ccccc21. The van der Waals surface area contributed by atoms with E-state index >= 15 is 0 Å². The maximum absolute atomic E-state index is 12.3. The summed E-state index contributed by atoms with van der Waals surface area (Å²) in [5.41, 5.74) is 4.66. The van der Waals surface area contributed by atoms with Crippen LogP contribution >= 0.6 is 23.0 Å². The van der Waals surface area contributed by atoms with Crippen LogP contribution in [0.25, 0.3) is 0 Å². The van der Waals surface area contributed by atoms with Crippen LogP contribution in [0.3, 0.4) is 0 Å². The average Bonchev–Trinajstić information content (AvgIpc) is 3.12. The van der Waals surface area contributed by atoms with Crippen LogP contribution in [0.5, 0.6) is 0 Å². The van der Waals surface area contributed by atoms with E-state index in [9.17, 15) is 4.79 Å². The molecule has 0 spiro atoms. The second-order valence-corrected chi connectivity index (χ2v) is 6.31. The molecule has 112 valence electrons. The highest BCUT2D eigenvalue weighted by Gasteiger charge is 2.39. The molecule has 2 aliphatic carbocycles. The summed E-state index contributed by atoms with van der Waals surface area (Å²) < 4.78 is 5.73. The molecule has 0 radical (unpaired) electrons. The normalized spacial score (nSPS) is 22.9. The maximum Gasteiger partial charge on any atom is 0.165 e. The molecule has 0 aliphatic heterocycles. The summed E-state index contributed by atoms with van der Waals surface area (Å²) in [5, 5.41) is 2.02. The Kier molecular flexibility index (Phi) is 3.76. The van der Waals surface area contributed by atoms with E-state index in [-0.39, 0.29) is 17.9 Å². The monoisotopic (exact) mass is 405 g/mol. The fraction of sp³-hybridized carbons (Fsp3) is 0.278. The van der Waals surface area contributed by atoms with Crippen LogP contribution in [0.4, 0.5) is 0 Å². The number of carbonyl (C=O) groups excluding carboxylic acids is 1. The molecular weight excluding hydrogens is 389 g/mol. The zero-order chi connectivity index (χ0) is 15.1. The molecule has 4 rings (SSSR count). The van der Waals surface area contributed by atoms with Crippen LogP contribution in [-0.4, -0.2) is 10.8 Å². The summed E-state index contributed by atoms with van der Waals surface area (Å²) in [5.74, 6) is 0.213. The Bertz CT molecular complexity index is 731. The minimum Gasteiger partial charge on any atom is -0.294 e. The molecule has 2 aromatic rings. The standard InChI is InChI=1S/C18H16INO2/c19-22-20(16-10-9-12-5-1-2-6-13(12)16)17-11-18(21)15-8-4-3-7-14(15)17/h1-8,16-17H,9-11H2. The average molecular weight is 405 g/mol. The molecule has 3 nitrogen and oxygen atoms in total. The number of halogens is 1. The van der Waals surface area contributed by atoms with Gasteiger partial charge in [0.15, 0.2) is 5.78 Å². The number of ketones is 1. The van der Waals surface area contributed by atoms with Gasteiger partial charge in [-0.25, -0.2) is 3.17 Å². The van der Waals surface area contributed by atoms with Crippen LogP contribution in [0, 0.1) is 0 Å². The lowest BCUT2D eigenvalue weighted by molar-refractivity contribution is -0.0940. The summed E-state index contributed by atoms with van der Waals surface area (Å²) >= 11 is 1.95. The number of fused-ring (bicyclic) bond motifs is 2. The molecule has 22 heavy (non-hydrogen) atoms. The number of rotatable bonds is 3. The lowest BCUT2D eigenvalue weighted by Gasteiger charge is -2.31. The number of aryl methyl sites for hydroxylation is 1. The highest BCUT2D eigenvalue weighted by Crippen LogP contribution is 2.45. The quantitative estimate of drug-likeness (QED) is 0.553. The van der Waals surface area contributed by atoms with Gasteiger partial charge in [-0.15, -0.1) is 0 Å². The predicted molar refractivity (Wildman–Crippen MR) is 92.6 cm³/mol. The smallest absolute Gasteiger partial charge is 0.165 e. The number of hydroxylamine groups is 2.